The van der Waals surface area contributed by atoms with Crippen LogP contribution in [0.25, 0.3) is 45.1 Å². The second-order valence-electron chi connectivity index (χ2n) is 10.8. The number of benzene rings is 3. The van der Waals surface area contributed by atoms with Gasteiger partial charge in [-0.3, -0.25) is 18.7 Å². The molecule has 0 aliphatic carbocycles. The van der Waals surface area contributed by atoms with E-state index >= 15 is 0 Å². The van der Waals surface area contributed by atoms with Gasteiger partial charge in [-0.15, -0.1) is 0 Å². The Labute approximate surface area is 266 Å². The lowest BCUT2D eigenvalue weighted by Gasteiger charge is -2.11. The van der Waals surface area contributed by atoms with Crippen LogP contribution in [0.4, 0.5) is 0 Å². The van der Waals surface area contributed by atoms with Gasteiger partial charge in [0.2, 0.25) is 0 Å². The minimum atomic E-state index is -0.452. The van der Waals surface area contributed by atoms with Crippen molar-refractivity contribution in [2.45, 2.75) is 39.8 Å². The standard InChI is InChI=1S/C17H20N4O3.C17H12N4O2/c1-3-9-20-15-13(16(23)21(10-4-2)17(20)24)18-14(19-15)11-5-7-12(22)8-6-11;22-16-14-15(19-11-18-14)20(12-7-3-1-4-8-12)17(23)21(16)13-9-5-2-6-10-13/h5-8,22H,3-4,9-10H2,1-2H3,(H,18,19);1-11H,(H,18,19). The van der Waals surface area contributed by atoms with Crippen LogP contribution < -0.4 is 22.5 Å². The molecule has 238 valence electrons. The van der Waals surface area contributed by atoms with E-state index in [2.05, 4.69) is 19.9 Å². The fraction of sp³-hybridized carbons (Fsp3) is 0.176. The van der Waals surface area contributed by atoms with Crippen molar-refractivity contribution in [3.05, 3.63) is 133 Å². The lowest BCUT2D eigenvalue weighted by molar-refractivity contribution is 0.475. The maximum atomic E-state index is 13.0. The van der Waals surface area contributed by atoms with Gasteiger partial charge < -0.3 is 15.1 Å². The smallest absolute Gasteiger partial charge is 0.342 e. The number of aryl methyl sites for hydroxylation is 1. The molecule has 13 nitrogen and oxygen atoms in total. The van der Waals surface area contributed by atoms with E-state index in [9.17, 15) is 24.3 Å². The van der Waals surface area contributed by atoms with E-state index in [1.807, 2.05) is 38.1 Å². The number of phenolic OH excluding ortho intramolecular Hbond substituents is 1. The number of para-hydroxylation sites is 2. The molecule has 0 radical (unpaired) electrons. The van der Waals surface area contributed by atoms with E-state index in [0.29, 0.717) is 53.5 Å². The molecule has 0 saturated carbocycles. The topological polar surface area (TPSA) is 166 Å². The van der Waals surface area contributed by atoms with Crippen molar-refractivity contribution in [2.75, 3.05) is 0 Å². The number of rotatable bonds is 7. The molecule has 0 bridgehead atoms. The van der Waals surface area contributed by atoms with Gasteiger partial charge >= 0.3 is 11.4 Å². The monoisotopic (exact) mass is 632 g/mol. The van der Waals surface area contributed by atoms with Crippen LogP contribution in [0.3, 0.4) is 0 Å². The number of H-pyrrole nitrogens is 2. The highest BCUT2D eigenvalue weighted by Crippen LogP contribution is 2.21. The molecule has 0 aliphatic heterocycles. The minimum absolute atomic E-state index is 0.156. The lowest BCUT2D eigenvalue weighted by atomic mass is 10.2. The number of hydrogen-bond acceptors (Lipinski definition) is 7. The number of aromatic amines is 2. The molecule has 7 aromatic rings. The van der Waals surface area contributed by atoms with Crippen LogP contribution in [-0.4, -0.2) is 43.3 Å². The van der Waals surface area contributed by atoms with E-state index in [-0.39, 0.29) is 22.5 Å². The predicted molar refractivity (Wildman–Crippen MR) is 180 cm³/mol. The maximum absolute atomic E-state index is 13.0. The second-order valence-corrected chi connectivity index (χ2v) is 10.8. The number of imidazole rings is 2. The number of aromatic nitrogens is 8. The summed E-state index contributed by atoms with van der Waals surface area (Å²) in [5.74, 6) is 0.656. The van der Waals surface area contributed by atoms with Crippen molar-refractivity contribution in [1.29, 1.82) is 0 Å². The summed E-state index contributed by atoms with van der Waals surface area (Å²) in [4.78, 5) is 65.4. The fourth-order valence-electron chi connectivity index (χ4n) is 5.39. The predicted octanol–water partition coefficient (Wildman–Crippen LogP) is 3.94. The average Bonchev–Trinajstić information content (AvgIpc) is 3.76. The van der Waals surface area contributed by atoms with Crippen LogP contribution >= 0.6 is 0 Å². The first-order valence-electron chi connectivity index (χ1n) is 15.2. The van der Waals surface area contributed by atoms with Crippen molar-refractivity contribution < 1.29 is 5.11 Å². The highest BCUT2D eigenvalue weighted by molar-refractivity contribution is 5.75. The number of nitrogens with zero attached hydrogens (tertiary/aromatic N) is 6. The first kappa shape index (κ1) is 30.8. The summed E-state index contributed by atoms with van der Waals surface area (Å²) in [5, 5.41) is 9.40. The van der Waals surface area contributed by atoms with Gasteiger partial charge in [0.25, 0.3) is 11.1 Å². The summed E-state index contributed by atoms with van der Waals surface area (Å²) in [5.41, 5.74) is 1.69. The summed E-state index contributed by atoms with van der Waals surface area (Å²) in [6.45, 7) is 4.78. The first-order chi connectivity index (χ1) is 22.8. The molecule has 7 rings (SSSR count). The Morgan fingerprint density at radius 2 is 1.26 bits per heavy atom. The molecule has 0 aliphatic rings. The van der Waals surface area contributed by atoms with Crippen LogP contribution in [0.15, 0.2) is 110 Å². The molecule has 0 unspecified atom stereocenters. The molecule has 4 aromatic heterocycles. The van der Waals surface area contributed by atoms with E-state index in [0.717, 1.165) is 16.6 Å². The van der Waals surface area contributed by atoms with Crippen LogP contribution in [0.1, 0.15) is 26.7 Å². The summed E-state index contributed by atoms with van der Waals surface area (Å²) >= 11 is 0. The SMILES string of the molecule is CCCn1c(=O)c2[nH]c(-c3ccc(O)cc3)nc2n(CCC)c1=O.O=c1c2[nH]cnc2n(-c2ccccc2)c(=O)n1-c1ccccc1. The highest BCUT2D eigenvalue weighted by Gasteiger charge is 2.18. The van der Waals surface area contributed by atoms with Crippen molar-refractivity contribution in [2.24, 2.45) is 0 Å². The Morgan fingerprint density at radius 1 is 0.660 bits per heavy atom. The van der Waals surface area contributed by atoms with Gasteiger partial charge in [0, 0.05) is 18.7 Å². The molecule has 0 atom stereocenters. The Kier molecular flexibility index (Phi) is 8.52. The zero-order valence-corrected chi connectivity index (χ0v) is 25.8. The summed E-state index contributed by atoms with van der Waals surface area (Å²) in [6.07, 6.45) is 2.88. The average molecular weight is 633 g/mol. The number of nitrogens with one attached hydrogen (secondary N) is 2. The molecule has 0 spiro atoms. The zero-order valence-electron chi connectivity index (χ0n) is 25.8. The molecule has 0 amide bonds. The molecule has 3 N–H and O–H groups in total. The van der Waals surface area contributed by atoms with Gasteiger partial charge in [-0.05, 0) is 61.4 Å². The normalized spacial score (nSPS) is 11.1. The van der Waals surface area contributed by atoms with E-state index < -0.39 is 11.2 Å². The van der Waals surface area contributed by atoms with Crippen LogP contribution in [-0.2, 0) is 13.1 Å². The molecule has 13 heteroatoms. The highest BCUT2D eigenvalue weighted by atomic mass is 16.3. The van der Waals surface area contributed by atoms with E-state index in [1.54, 1.807) is 65.2 Å². The van der Waals surface area contributed by atoms with Crippen molar-refractivity contribution in [3.8, 4) is 28.5 Å². The zero-order chi connectivity index (χ0) is 33.1. The minimum Gasteiger partial charge on any atom is -0.508 e. The Morgan fingerprint density at radius 3 is 1.87 bits per heavy atom. The Hall–Kier alpha value is -6.24. The van der Waals surface area contributed by atoms with E-state index in [4.69, 9.17) is 0 Å². The third kappa shape index (κ3) is 5.70. The molecule has 0 fully saturated rings. The van der Waals surface area contributed by atoms with Crippen molar-refractivity contribution in [3.63, 3.8) is 0 Å². The van der Waals surface area contributed by atoms with E-state index in [1.165, 1.54) is 15.5 Å². The van der Waals surface area contributed by atoms with Crippen molar-refractivity contribution >= 4 is 22.3 Å². The van der Waals surface area contributed by atoms with Crippen LogP contribution in [0, 0.1) is 0 Å². The Balaban J connectivity index is 0.000000164. The molecular weight excluding hydrogens is 600 g/mol. The molecule has 47 heavy (non-hydrogen) atoms. The maximum Gasteiger partial charge on any atom is 0.342 e. The first-order valence-corrected chi connectivity index (χ1v) is 15.2. The molecule has 4 heterocycles. The quantitative estimate of drug-likeness (QED) is 0.239. The van der Waals surface area contributed by atoms with Crippen LogP contribution in [0.5, 0.6) is 5.75 Å². The van der Waals surface area contributed by atoms with Gasteiger partial charge in [-0.1, -0.05) is 50.2 Å². The summed E-state index contributed by atoms with van der Waals surface area (Å²) < 4.78 is 5.39. The van der Waals surface area contributed by atoms with Crippen molar-refractivity contribution in [1.82, 2.24) is 38.2 Å². The van der Waals surface area contributed by atoms with Gasteiger partial charge in [-0.2, -0.15) is 0 Å². The Bertz CT molecular complexity index is 2420. The molecule has 3 aromatic carbocycles. The largest absolute Gasteiger partial charge is 0.508 e. The third-order valence-corrected chi connectivity index (χ3v) is 7.56. The van der Waals surface area contributed by atoms with Gasteiger partial charge in [0.15, 0.2) is 16.8 Å². The number of phenols is 1. The number of fused-ring (bicyclic) bond motifs is 2. The third-order valence-electron chi connectivity index (χ3n) is 7.56. The number of hydrogen-bond donors (Lipinski definition) is 3. The summed E-state index contributed by atoms with van der Waals surface area (Å²) in [6, 6.07) is 24.5. The molecule has 0 saturated heterocycles. The van der Waals surface area contributed by atoms with Gasteiger partial charge in [0.05, 0.1) is 17.7 Å². The molecular formula is C34H32N8O5. The van der Waals surface area contributed by atoms with Gasteiger partial charge in [-0.25, -0.2) is 28.7 Å². The van der Waals surface area contributed by atoms with Gasteiger partial charge in [0.1, 0.15) is 17.1 Å². The second kappa shape index (κ2) is 13.0. The fourth-order valence-corrected chi connectivity index (χ4v) is 5.39. The summed E-state index contributed by atoms with van der Waals surface area (Å²) in [7, 11) is 0. The lowest BCUT2D eigenvalue weighted by Crippen LogP contribution is -2.40. The van der Waals surface area contributed by atoms with Crippen LogP contribution in [0.2, 0.25) is 0 Å². The number of aromatic hydroxyl groups is 1.